The molecule has 0 radical (unpaired) electrons. The van der Waals surface area contributed by atoms with Gasteiger partial charge < -0.3 is 15.2 Å². The summed E-state index contributed by atoms with van der Waals surface area (Å²) in [5.74, 6) is 2.23. The lowest BCUT2D eigenvalue weighted by Gasteiger charge is -2.14. The fourth-order valence-corrected chi connectivity index (χ4v) is 3.57. The van der Waals surface area contributed by atoms with Crippen molar-refractivity contribution in [3.63, 3.8) is 0 Å². The number of aromatic hydroxyl groups is 1. The van der Waals surface area contributed by atoms with E-state index >= 15 is 0 Å². The first kappa shape index (κ1) is 19.5. The Hall–Kier alpha value is -3.85. The average molecular weight is 405 g/mol. The predicted octanol–water partition coefficient (Wildman–Crippen LogP) is 4.56. The van der Waals surface area contributed by atoms with E-state index in [-0.39, 0.29) is 24.6 Å². The summed E-state index contributed by atoms with van der Waals surface area (Å²) in [5.41, 5.74) is 4.29. The smallest absolute Gasteiger partial charge is 0.407 e. The van der Waals surface area contributed by atoms with Crippen molar-refractivity contribution in [2.24, 2.45) is 0 Å². The molecule has 0 unspecified atom stereocenters. The van der Waals surface area contributed by atoms with Gasteiger partial charge in [0.1, 0.15) is 12.4 Å². The third kappa shape index (κ3) is 3.83. The van der Waals surface area contributed by atoms with Gasteiger partial charge in [0.15, 0.2) is 11.6 Å². The highest BCUT2D eigenvalue weighted by atomic mass is 19.1. The van der Waals surface area contributed by atoms with E-state index in [2.05, 4.69) is 29.3 Å². The van der Waals surface area contributed by atoms with E-state index in [0.717, 1.165) is 28.3 Å². The SMILES string of the molecule is O=C(NCC#Cc1cc(F)cc(F)c1O)OCC1c2ccccc2-c2ccccc21. The summed E-state index contributed by atoms with van der Waals surface area (Å²) in [4.78, 5) is 12.0. The molecule has 0 bridgehead atoms. The molecular formula is C24H17F2NO3. The maximum atomic E-state index is 13.3. The molecule has 0 aliphatic heterocycles. The van der Waals surface area contributed by atoms with Crippen molar-refractivity contribution in [3.05, 3.63) is 89.0 Å². The van der Waals surface area contributed by atoms with Crippen LogP contribution in [0.25, 0.3) is 11.1 Å². The van der Waals surface area contributed by atoms with E-state index in [1.807, 2.05) is 36.4 Å². The minimum atomic E-state index is -1.09. The molecule has 0 saturated carbocycles. The van der Waals surface area contributed by atoms with Crippen molar-refractivity contribution in [2.75, 3.05) is 13.2 Å². The summed E-state index contributed by atoms with van der Waals surface area (Å²) < 4.78 is 31.9. The van der Waals surface area contributed by atoms with Crippen LogP contribution in [0.1, 0.15) is 22.6 Å². The van der Waals surface area contributed by atoms with Gasteiger partial charge in [-0.05, 0) is 28.3 Å². The van der Waals surface area contributed by atoms with E-state index in [0.29, 0.717) is 6.07 Å². The van der Waals surface area contributed by atoms with E-state index in [4.69, 9.17) is 4.74 Å². The number of hydrogen-bond acceptors (Lipinski definition) is 3. The lowest BCUT2D eigenvalue weighted by Crippen LogP contribution is -2.26. The van der Waals surface area contributed by atoms with E-state index < -0.39 is 23.5 Å². The van der Waals surface area contributed by atoms with Crippen molar-refractivity contribution in [2.45, 2.75) is 5.92 Å². The number of carbonyl (C=O) groups excluding carboxylic acids is 1. The van der Waals surface area contributed by atoms with Crippen molar-refractivity contribution in [3.8, 4) is 28.7 Å². The summed E-state index contributed by atoms with van der Waals surface area (Å²) in [7, 11) is 0. The molecule has 1 amide bonds. The van der Waals surface area contributed by atoms with Crippen LogP contribution in [0.15, 0.2) is 60.7 Å². The summed E-state index contributed by atoms with van der Waals surface area (Å²) in [6.45, 7) is 0.0669. The highest BCUT2D eigenvalue weighted by molar-refractivity contribution is 5.79. The molecule has 2 N–H and O–H groups in total. The molecule has 4 rings (SSSR count). The maximum Gasteiger partial charge on any atom is 0.407 e. The molecule has 0 atom stereocenters. The average Bonchev–Trinajstić information content (AvgIpc) is 3.07. The van der Waals surface area contributed by atoms with Gasteiger partial charge in [0.2, 0.25) is 0 Å². The zero-order valence-electron chi connectivity index (χ0n) is 15.8. The number of rotatable bonds is 3. The summed E-state index contributed by atoms with van der Waals surface area (Å²) >= 11 is 0. The van der Waals surface area contributed by atoms with Gasteiger partial charge >= 0.3 is 6.09 Å². The summed E-state index contributed by atoms with van der Waals surface area (Å²) in [6, 6.07) is 17.5. The van der Waals surface area contributed by atoms with Gasteiger partial charge in [0.05, 0.1) is 12.1 Å². The van der Waals surface area contributed by atoms with Crippen LogP contribution in [0.4, 0.5) is 13.6 Å². The van der Waals surface area contributed by atoms with Crippen LogP contribution in [0.5, 0.6) is 5.75 Å². The number of hydrogen-bond donors (Lipinski definition) is 2. The molecule has 3 aromatic carbocycles. The summed E-state index contributed by atoms with van der Waals surface area (Å²) in [6.07, 6.45) is -0.652. The number of amides is 1. The second kappa shape index (κ2) is 8.26. The zero-order valence-corrected chi connectivity index (χ0v) is 15.8. The first-order valence-electron chi connectivity index (χ1n) is 9.30. The molecule has 1 aliphatic rings. The second-order valence-corrected chi connectivity index (χ2v) is 6.76. The number of ether oxygens (including phenoxy) is 1. The summed E-state index contributed by atoms with van der Waals surface area (Å²) in [5, 5.41) is 12.0. The Morgan fingerprint density at radius 3 is 2.33 bits per heavy atom. The molecule has 0 aromatic heterocycles. The van der Waals surface area contributed by atoms with Crippen LogP contribution < -0.4 is 5.32 Å². The fraction of sp³-hybridized carbons (Fsp3) is 0.125. The fourth-order valence-electron chi connectivity index (χ4n) is 3.57. The number of phenolic OH excluding ortho intramolecular Hbond substituents is 1. The van der Waals surface area contributed by atoms with Crippen LogP contribution in [0.2, 0.25) is 0 Å². The van der Waals surface area contributed by atoms with E-state index in [9.17, 15) is 18.7 Å². The predicted molar refractivity (Wildman–Crippen MR) is 108 cm³/mol. The zero-order chi connectivity index (χ0) is 21.1. The number of fused-ring (bicyclic) bond motifs is 3. The number of benzene rings is 3. The standard InChI is InChI=1S/C24H17F2NO3/c25-16-12-15(23(28)22(26)13-16)6-5-11-27-24(29)30-14-21-19-9-3-1-7-17(19)18-8-2-4-10-20(18)21/h1-4,7-10,12-13,21,28H,11,14H2,(H,27,29). The van der Waals surface area contributed by atoms with E-state index in [1.165, 1.54) is 0 Å². The van der Waals surface area contributed by atoms with Gasteiger partial charge in [0, 0.05) is 12.0 Å². The normalized spacial score (nSPS) is 11.8. The highest BCUT2D eigenvalue weighted by Crippen LogP contribution is 2.44. The van der Waals surface area contributed by atoms with Crippen molar-refractivity contribution >= 4 is 6.09 Å². The molecular weight excluding hydrogens is 388 g/mol. The van der Waals surface area contributed by atoms with Crippen LogP contribution in [-0.4, -0.2) is 24.4 Å². The monoisotopic (exact) mass is 405 g/mol. The Morgan fingerprint density at radius 1 is 1.03 bits per heavy atom. The Labute approximate surface area is 172 Å². The molecule has 4 nitrogen and oxygen atoms in total. The van der Waals surface area contributed by atoms with Crippen LogP contribution >= 0.6 is 0 Å². The topological polar surface area (TPSA) is 58.6 Å². The number of halogens is 2. The molecule has 150 valence electrons. The molecule has 1 aliphatic carbocycles. The Morgan fingerprint density at radius 2 is 1.67 bits per heavy atom. The quantitative estimate of drug-likeness (QED) is 0.628. The van der Waals surface area contributed by atoms with Crippen molar-refractivity contribution in [1.82, 2.24) is 5.32 Å². The largest absolute Gasteiger partial charge is 0.504 e. The third-order valence-electron chi connectivity index (χ3n) is 4.92. The maximum absolute atomic E-state index is 13.3. The molecule has 0 saturated heterocycles. The van der Waals surface area contributed by atoms with Gasteiger partial charge in [-0.25, -0.2) is 13.6 Å². The number of alkyl carbamates (subject to hydrolysis) is 1. The Balaban J connectivity index is 1.37. The lowest BCUT2D eigenvalue weighted by molar-refractivity contribution is 0.144. The molecule has 30 heavy (non-hydrogen) atoms. The second-order valence-electron chi connectivity index (χ2n) is 6.76. The van der Waals surface area contributed by atoms with Crippen molar-refractivity contribution in [1.29, 1.82) is 0 Å². The van der Waals surface area contributed by atoms with Gasteiger partial charge in [0.25, 0.3) is 0 Å². The minimum Gasteiger partial charge on any atom is -0.504 e. The first-order chi connectivity index (χ1) is 14.5. The molecule has 3 aromatic rings. The minimum absolute atomic E-state index is 0.0542. The Kier molecular flexibility index (Phi) is 5.36. The van der Waals surface area contributed by atoms with Crippen LogP contribution in [0, 0.1) is 23.5 Å². The number of nitrogens with one attached hydrogen (secondary N) is 1. The number of phenols is 1. The highest BCUT2D eigenvalue weighted by Gasteiger charge is 2.28. The molecule has 0 heterocycles. The van der Waals surface area contributed by atoms with Crippen LogP contribution in [0.3, 0.4) is 0 Å². The molecule has 0 spiro atoms. The van der Waals surface area contributed by atoms with Gasteiger partial charge in [-0.3, -0.25) is 0 Å². The van der Waals surface area contributed by atoms with Gasteiger partial charge in [-0.15, -0.1) is 0 Å². The first-order valence-corrected chi connectivity index (χ1v) is 9.30. The van der Waals surface area contributed by atoms with Gasteiger partial charge in [-0.1, -0.05) is 60.4 Å². The Bertz CT molecular complexity index is 1140. The lowest BCUT2D eigenvalue weighted by atomic mass is 9.98. The molecule has 0 fully saturated rings. The van der Waals surface area contributed by atoms with Crippen molar-refractivity contribution < 1.29 is 23.4 Å². The van der Waals surface area contributed by atoms with Crippen LogP contribution in [-0.2, 0) is 4.74 Å². The third-order valence-corrected chi connectivity index (χ3v) is 4.92. The molecule has 6 heteroatoms. The number of carbonyl (C=O) groups is 1. The van der Waals surface area contributed by atoms with Gasteiger partial charge in [-0.2, -0.15) is 0 Å². The van der Waals surface area contributed by atoms with E-state index in [1.54, 1.807) is 0 Å².